The van der Waals surface area contributed by atoms with Crippen LogP contribution in [0.15, 0.2) is 4.99 Å². The maximum atomic E-state index is 12.1. The Labute approximate surface area is 131 Å². The van der Waals surface area contributed by atoms with Crippen LogP contribution < -0.4 is 10.6 Å². The topological polar surface area (TPSA) is 39.7 Å². The van der Waals surface area contributed by atoms with Crippen molar-refractivity contribution in [3.8, 4) is 0 Å². The smallest absolute Gasteiger partial charge is 0.356 e. The number of rotatable bonds is 7. The van der Waals surface area contributed by atoms with Crippen LogP contribution in [0.4, 0.5) is 13.2 Å². The van der Waals surface area contributed by atoms with E-state index in [1.54, 1.807) is 7.05 Å². The van der Waals surface area contributed by atoms with E-state index in [9.17, 15) is 13.2 Å². The van der Waals surface area contributed by atoms with Crippen LogP contribution in [0, 0.1) is 0 Å². The number of halogens is 3. The van der Waals surface area contributed by atoms with E-state index in [1.165, 1.54) is 25.8 Å². The molecule has 1 heterocycles. The fourth-order valence-corrected chi connectivity index (χ4v) is 2.68. The van der Waals surface area contributed by atoms with Gasteiger partial charge in [0.05, 0.1) is 6.42 Å². The molecular formula is C15H29F3N4. The Morgan fingerprint density at radius 3 is 2.55 bits per heavy atom. The molecule has 22 heavy (non-hydrogen) atoms. The first-order chi connectivity index (χ1) is 10.4. The number of nitrogens with zero attached hydrogens (tertiary/aromatic N) is 2. The van der Waals surface area contributed by atoms with Crippen LogP contribution in [0.2, 0.25) is 0 Å². The van der Waals surface area contributed by atoms with E-state index in [1.807, 2.05) is 0 Å². The number of guanidine groups is 1. The van der Waals surface area contributed by atoms with Gasteiger partial charge in [-0.1, -0.05) is 6.42 Å². The lowest BCUT2D eigenvalue weighted by Gasteiger charge is -2.33. The first-order valence-corrected chi connectivity index (χ1v) is 8.17. The SMILES string of the molecule is CN=C(NCCCCN1CCCCC1C)NCCC(F)(F)F. The third-order valence-electron chi connectivity index (χ3n) is 4.03. The summed E-state index contributed by atoms with van der Waals surface area (Å²) in [5.41, 5.74) is 0. The first kappa shape index (κ1) is 19.1. The van der Waals surface area contributed by atoms with Gasteiger partial charge >= 0.3 is 6.18 Å². The molecule has 1 unspecified atom stereocenters. The van der Waals surface area contributed by atoms with Crippen molar-refractivity contribution in [3.05, 3.63) is 0 Å². The van der Waals surface area contributed by atoms with Gasteiger partial charge in [-0.15, -0.1) is 0 Å². The van der Waals surface area contributed by atoms with E-state index in [0.717, 1.165) is 25.9 Å². The van der Waals surface area contributed by atoms with E-state index in [2.05, 4.69) is 27.4 Å². The third kappa shape index (κ3) is 8.46. The predicted molar refractivity (Wildman–Crippen MR) is 84.2 cm³/mol. The highest BCUT2D eigenvalue weighted by atomic mass is 19.4. The van der Waals surface area contributed by atoms with Gasteiger partial charge in [-0.05, 0) is 45.7 Å². The van der Waals surface area contributed by atoms with Crippen molar-refractivity contribution in [1.29, 1.82) is 0 Å². The molecule has 1 atom stereocenters. The van der Waals surface area contributed by atoms with Gasteiger partial charge in [0.25, 0.3) is 0 Å². The summed E-state index contributed by atoms with van der Waals surface area (Å²) >= 11 is 0. The number of nitrogens with one attached hydrogen (secondary N) is 2. The van der Waals surface area contributed by atoms with Crippen LogP contribution >= 0.6 is 0 Å². The minimum absolute atomic E-state index is 0.144. The van der Waals surface area contributed by atoms with Crippen LogP contribution in [-0.4, -0.2) is 56.3 Å². The molecule has 0 bridgehead atoms. The molecule has 1 rings (SSSR count). The van der Waals surface area contributed by atoms with Crippen molar-refractivity contribution < 1.29 is 13.2 Å². The zero-order valence-electron chi connectivity index (χ0n) is 13.7. The molecule has 1 saturated heterocycles. The van der Waals surface area contributed by atoms with Crippen LogP contribution in [0.5, 0.6) is 0 Å². The lowest BCUT2D eigenvalue weighted by molar-refractivity contribution is -0.132. The number of piperidine rings is 1. The zero-order valence-corrected chi connectivity index (χ0v) is 13.7. The van der Waals surface area contributed by atoms with Crippen molar-refractivity contribution in [2.45, 2.75) is 57.7 Å². The summed E-state index contributed by atoms with van der Waals surface area (Å²) in [6.07, 6.45) is 1.02. The van der Waals surface area contributed by atoms with Gasteiger partial charge in [0.1, 0.15) is 0 Å². The van der Waals surface area contributed by atoms with Crippen LogP contribution in [0.25, 0.3) is 0 Å². The zero-order chi connectivity index (χ0) is 16.4. The summed E-state index contributed by atoms with van der Waals surface area (Å²) in [7, 11) is 1.57. The van der Waals surface area contributed by atoms with Gasteiger partial charge in [0.2, 0.25) is 0 Å². The van der Waals surface area contributed by atoms with E-state index in [4.69, 9.17) is 0 Å². The van der Waals surface area contributed by atoms with Crippen LogP contribution in [-0.2, 0) is 0 Å². The van der Waals surface area contributed by atoms with Crippen molar-refractivity contribution in [1.82, 2.24) is 15.5 Å². The van der Waals surface area contributed by atoms with Crippen molar-refractivity contribution in [2.24, 2.45) is 4.99 Å². The van der Waals surface area contributed by atoms with E-state index < -0.39 is 12.6 Å². The number of hydrogen-bond donors (Lipinski definition) is 2. The Bertz CT molecular complexity index is 331. The highest BCUT2D eigenvalue weighted by Gasteiger charge is 2.26. The van der Waals surface area contributed by atoms with Gasteiger partial charge in [-0.3, -0.25) is 4.99 Å². The van der Waals surface area contributed by atoms with Crippen molar-refractivity contribution >= 4 is 5.96 Å². The minimum Gasteiger partial charge on any atom is -0.356 e. The molecule has 1 aliphatic heterocycles. The number of likely N-dealkylation sites (tertiary alicyclic amines) is 1. The molecule has 0 radical (unpaired) electrons. The largest absolute Gasteiger partial charge is 0.390 e. The van der Waals surface area contributed by atoms with Gasteiger partial charge in [-0.25, -0.2) is 0 Å². The summed E-state index contributed by atoms with van der Waals surface area (Å²) in [4.78, 5) is 6.45. The number of aliphatic imine (C=N–C) groups is 1. The normalized spacial score (nSPS) is 21.0. The molecule has 0 saturated carbocycles. The summed E-state index contributed by atoms with van der Waals surface area (Å²) in [5.74, 6) is 0.440. The summed E-state index contributed by atoms with van der Waals surface area (Å²) in [6.45, 7) is 5.16. The molecule has 1 fully saturated rings. The van der Waals surface area contributed by atoms with Crippen molar-refractivity contribution in [3.63, 3.8) is 0 Å². The Kier molecular flexibility index (Phi) is 8.60. The van der Waals surface area contributed by atoms with Gasteiger partial charge in [-0.2, -0.15) is 13.2 Å². The molecule has 2 N–H and O–H groups in total. The average Bonchev–Trinajstić information content (AvgIpc) is 2.45. The first-order valence-electron chi connectivity index (χ1n) is 8.17. The monoisotopic (exact) mass is 322 g/mol. The summed E-state index contributed by atoms with van der Waals surface area (Å²) < 4.78 is 36.2. The molecule has 0 aromatic heterocycles. The van der Waals surface area contributed by atoms with Crippen molar-refractivity contribution in [2.75, 3.05) is 33.2 Å². The minimum atomic E-state index is -4.13. The van der Waals surface area contributed by atoms with Crippen LogP contribution in [0.3, 0.4) is 0 Å². The molecule has 0 amide bonds. The molecule has 130 valence electrons. The molecule has 4 nitrogen and oxygen atoms in total. The second-order valence-electron chi connectivity index (χ2n) is 5.88. The molecule has 7 heteroatoms. The lowest BCUT2D eigenvalue weighted by atomic mass is 10.0. The van der Waals surface area contributed by atoms with E-state index in [-0.39, 0.29) is 6.54 Å². The van der Waals surface area contributed by atoms with Gasteiger partial charge in [0, 0.05) is 26.2 Å². The molecule has 0 spiro atoms. The summed E-state index contributed by atoms with van der Waals surface area (Å²) in [6, 6.07) is 0.679. The molecule has 0 aliphatic carbocycles. The van der Waals surface area contributed by atoms with Gasteiger partial charge < -0.3 is 15.5 Å². The van der Waals surface area contributed by atoms with E-state index >= 15 is 0 Å². The fraction of sp³-hybridized carbons (Fsp3) is 0.933. The van der Waals surface area contributed by atoms with Gasteiger partial charge in [0.15, 0.2) is 5.96 Å². The predicted octanol–water partition coefficient (Wildman–Crippen LogP) is 2.76. The average molecular weight is 322 g/mol. The molecule has 0 aromatic rings. The number of hydrogen-bond acceptors (Lipinski definition) is 2. The van der Waals surface area contributed by atoms with Crippen LogP contribution in [0.1, 0.15) is 45.4 Å². The highest BCUT2D eigenvalue weighted by Crippen LogP contribution is 2.18. The maximum absolute atomic E-state index is 12.1. The second kappa shape index (κ2) is 9.92. The van der Waals surface area contributed by atoms with E-state index in [0.29, 0.717) is 12.0 Å². The third-order valence-corrected chi connectivity index (χ3v) is 4.03. The second-order valence-corrected chi connectivity index (χ2v) is 5.88. The Balaban J connectivity index is 2.06. The maximum Gasteiger partial charge on any atom is 0.390 e. The molecule has 0 aromatic carbocycles. The summed E-state index contributed by atoms with van der Waals surface area (Å²) in [5, 5.41) is 5.74. The standard InChI is InChI=1S/C15H29F3N4/c1-13-7-3-5-11-22(13)12-6-4-9-20-14(19-2)21-10-8-15(16,17)18/h13H,3-12H2,1-2H3,(H2,19,20,21). The highest BCUT2D eigenvalue weighted by molar-refractivity contribution is 5.79. The molecule has 1 aliphatic rings. The Morgan fingerprint density at radius 1 is 1.18 bits per heavy atom. The Morgan fingerprint density at radius 2 is 1.91 bits per heavy atom. The quantitative estimate of drug-likeness (QED) is 0.430. The fourth-order valence-electron chi connectivity index (χ4n) is 2.68. The number of unbranched alkanes of at least 4 members (excludes halogenated alkanes) is 1. The molecular weight excluding hydrogens is 293 g/mol. The number of alkyl halides is 3. The lowest BCUT2D eigenvalue weighted by Crippen LogP contribution is -2.40. The Hall–Kier alpha value is -0.980.